The average molecular weight is 241 g/mol. The summed E-state index contributed by atoms with van der Waals surface area (Å²) in [6, 6.07) is 8.46. The van der Waals surface area contributed by atoms with Crippen molar-refractivity contribution < 1.29 is 0 Å². The topological polar surface area (TPSA) is 38.1 Å². The summed E-state index contributed by atoms with van der Waals surface area (Å²) in [4.78, 5) is 18.5. The third-order valence-electron chi connectivity index (χ3n) is 3.43. The van der Waals surface area contributed by atoms with Crippen LogP contribution in [0.3, 0.4) is 0 Å². The molecule has 1 atom stereocenters. The van der Waals surface area contributed by atoms with Gasteiger partial charge in [0.25, 0.3) is 5.56 Å². The number of hydrogen-bond donors (Lipinski definition) is 0. The van der Waals surface area contributed by atoms with Crippen molar-refractivity contribution in [3.8, 4) is 0 Å². The van der Waals surface area contributed by atoms with Crippen molar-refractivity contribution >= 4 is 11.5 Å². The van der Waals surface area contributed by atoms with Gasteiger partial charge in [-0.1, -0.05) is 18.2 Å². The zero-order valence-corrected chi connectivity index (χ0v) is 10.5. The molecule has 1 unspecified atom stereocenters. The Labute approximate surface area is 106 Å². The van der Waals surface area contributed by atoms with Crippen LogP contribution in [-0.2, 0) is 13.5 Å². The highest BCUT2D eigenvalue weighted by Crippen LogP contribution is 2.35. The highest BCUT2D eigenvalue weighted by molar-refractivity contribution is 5.68. The van der Waals surface area contributed by atoms with E-state index in [1.165, 1.54) is 5.56 Å². The van der Waals surface area contributed by atoms with Crippen LogP contribution < -0.4 is 10.5 Å². The zero-order valence-electron chi connectivity index (χ0n) is 10.5. The molecule has 0 saturated carbocycles. The van der Waals surface area contributed by atoms with Crippen LogP contribution in [0.1, 0.15) is 12.5 Å². The second-order valence-electron chi connectivity index (χ2n) is 4.72. The predicted molar refractivity (Wildman–Crippen MR) is 71.2 cm³/mol. The minimum atomic E-state index is -0.0546. The molecule has 2 heterocycles. The smallest absolute Gasteiger partial charge is 0.293 e. The summed E-state index contributed by atoms with van der Waals surface area (Å²) in [5.41, 5.74) is 2.32. The van der Waals surface area contributed by atoms with E-state index >= 15 is 0 Å². The van der Waals surface area contributed by atoms with Gasteiger partial charge in [-0.3, -0.25) is 4.79 Å². The van der Waals surface area contributed by atoms with Crippen LogP contribution >= 0.6 is 0 Å². The summed E-state index contributed by atoms with van der Waals surface area (Å²) >= 11 is 0. The molecule has 0 N–H and O–H groups in total. The molecule has 0 fully saturated rings. The van der Waals surface area contributed by atoms with E-state index in [2.05, 4.69) is 18.0 Å². The quantitative estimate of drug-likeness (QED) is 0.765. The number of para-hydroxylation sites is 1. The van der Waals surface area contributed by atoms with Crippen LogP contribution in [0.5, 0.6) is 0 Å². The van der Waals surface area contributed by atoms with Gasteiger partial charge in [-0.05, 0) is 25.0 Å². The largest absolute Gasteiger partial charge is 0.318 e. The van der Waals surface area contributed by atoms with E-state index in [4.69, 9.17) is 0 Å². The fourth-order valence-corrected chi connectivity index (χ4v) is 2.54. The zero-order chi connectivity index (χ0) is 12.7. The SMILES string of the molecule is CC1Cc2ccccc2N1c1nccn(C)c1=O. The summed E-state index contributed by atoms with van der Waals surface area (Å²) in [6.07, 6.45) is 4.30. The van der Waals surface area contributed by atoms with Crippen LogP contribution in [0, 0.1) is 0 Å². The maximum absolute atomic E-state index is 12.2. The van der Waals surface area contributed by atoms with Crippen molar-refractivity contribution in [3.63, 3.8) is 0 Å². The van der Waals surface area contributed by atoms with E-state index in [0.717, 1.165) is 12.1 Å². The Morgan fingerprint density at radius 3 is 2.94 bits per heavy atom. The van der Waals surface area contributed by atoms with Gasteiger partial charge in [0, 0.05) is 31.2 Å². The van der Waals surface area contributed by atoms with Crippen molar-refractivity contribution in [2.75, 3.05) is 4.90 Å². The Morgan fingerprint density at radius 1 is 1.33 bits per heavy atom. The summed E-state index contributed by atoms with van der Waals surface area (Å²) in [5, 5.41) is 0. The standard InChI is InChI=1S/C14H15N3O/c1-10-9-11-5-3-4-6-12(11)17(10)13-14(18)16(2)8-7-15-13/h3-8,10H,9H2,1-2H3. The molecule has 0 bridgehead atoms. The van der Waals surface area contributed by atoms with Crippen molar-refractivity contribution in [1.29, 1.82) is 0 Å². The number of fused-ring (bicyclic) bond motifs is 1. The molecule has 0 amide bonds. The molecule has 2 aromatic rings. The maximum atomic E-state index is 12.2. The monoisotopic (exact) mass is 241 g/mol. The fraction of sp³-hybridized carbons (Fsp3) is 0.286. The van der Waals surface area contributed by atoms with Crippen molar-refractivity contribution in [1.82, 2.24) is 9.55 Å². The first kappa shape index (κ1) is 11.0. The third kappa shape index (κ3) is 1.53. The van der Waals surface area contributed by atoms with Crippen LogP contribution in [0.15, 0.2) is 41.5 Å². The Hall–Kier alpha value is -2.10. The molecule has 92 valence electrons. The number of hydrogen-bond acceptors (Lipinski definition) is 3. The molecule has 1 aliphatic heterocycles. The lowest BCUT2D eigenvalue weighted by atomic mass is 10.1. The van der Waals surface area contributed by atoms with Crippen LogP contribution in [0.2, 0.25) is 0 Å². The number of aryl methyl sites for hydroxylation is 1. The maximum Gasteiger partial charge on any atom is 0.293 e. The van der Waals surface area contributed by atoms with Crippen molar-refractivity contribution in [2.24, 2.45) is 7.05 Å². The van der Waals surface area contributed by atoms with Gasteiger partial charge in [0.15, 0.2) is 5.82 Å². The lowest BCUT2D eigenvalue weighted by Crippen LogP contribution is -2.32. The van der Waals surface area contributed by atoms with Gasteiger partial charge >= 0.3 is 0 Å². The predicted octanol–water partition coefficient (Wildman–Crippen LogP) is 1.86. The van der Waals surface area contributed by atoms with Crippen molar-refractivity contribution in [3.05, 3.63) is 52.6 Å². The Morgan fingerprint density at radius 2 is 2.11 bits per heavy atom. The first-order valence-electron chi connectivity index (χ1n) is 6.07. The first-order valence-corrected chi connectivity index (χ1v) is 6.07. The van der Waals surface area contributed by atoms with Gasteiger partial charge in [0.1, 0.15) is 0 Å². The second kappa shape index (κ2) is 3.98. The van der Waals surface area contributed by atoms with E-state index in [1.54, 1.807) is 24.0 Å². The molecular formula is C14H15N3O. The molecule has 4 heteroatoms. The molecule has 1 aromatic carbocycles. The summed E-state index contributed by atoms with van der Waals surface area (Å²) in [7, 11) is 1.75. The highest BCUT2D eigenvalue weighted by Gasteiger charge is 2.29. The number of anilines is 2. The molecular weight excluding hydrogens is 226 g/mol. The highest BCUT2D eigenvalue weighted by atomic mass is 16.1. The second-order valence-corrected chi connectivity index (χ2v) is 4.72. The number of benzene rings is 1. The fourth-order valence-electron chi connectivity index (χ4n) is 2.54. The molecule has 3 rings (SSSR count). The Balaban J connectivity index is 2.18. The molecule has 0 spiro atoms. The minimum Gasteiger partial charge on any atom is -0.318 e. The van der Waals surface area contributed by atoms with Gasteiger partial charge in [0.05, 0.1) is 0 Å². The molecule has 0 aliphatic carbocycles. The summed E-state index contributed by atoms with van der Waals surface area (Å²) in [5.74, 6) is 0.512. The van der Waals surface area contributed by atoms with E-state index < -0.39 is 0 Å². The summed E-state index contributed by atoms with van der Waals surface area (Å²) < 4.78 is 1.57. The van der Waals surface area contributed by atoms with Gasteiger partial charge in [-0.15, -0.1) is 0 Å². The van der Waals surface area contributed by atoms with E-state index in [1.807, 2.05) is 23.1 Å². The number of nitrogens with zero attached hydrogens (tertiary/aromatic N) is 3. The minimum absolute atomic E-state index is 0.0546. The van der Waals surface area contributed by atoms with Gasteiger partial charge < -0.3 is 9.47 Å². The molecule has 4 nitrogen and oxygen atoms in total. The molecule has 1 aliphatic rings. The average Bonchev–Trinajstić information content (AvgIpc) is 2.69. The molecule has 1 aromatic heterocycles. The molecule has 18 heavy (non-hydrogen) atoms. The van der Waals surface area contributed by atoms with E-state index in [0.29, 0.717) is 5.82 Å². The normalized spacial score (nSPS) is 17.9. The number of aromatic nitrogens is 2. The Kier molecular flexibility index (Phi) is 2.44. The third-order valence-corrected chi connectivity index (χ3v) is 3.43. The molecule has 0 radical (unpaired) electrons. The Bertz CT molecular complexity index is 647. The van der Waals surface area contributed by atoms with Crippen LogP contribution in [-0.4, -0.2) is 15.6 Å². The van der Waals surface area contributed by atoms with E-state index in [9.17, 15) is 4.79 Å². The lowest BCUT2D eigenvalue weighted by molar-refractivity contribution is 0.731. The van der Waals surface area contributed by atoms with E-state index in [-0.39, 0.29) is 11.6 Å². The first-order chi connectivity index (χ1) is 8.68. The van der Waals surface area contributed by atoms with Gasteiger partial charge in [0.2, 0.25) is 0 Å². The van der Waals surface area contributed by atoms with Crippen LogP contribution in [0.25, 0.3) is 0 Å². The van der Waals surface area contributed by atoms with Gasteiger partial charge in [-0.2, -0.15) is 0 Å². The van der Waals surface area contributed by atoms with Gasteiger partial charge in [-0.25, -0.2) is 4.98 Å². The van der Waals surface area contributed by atoms with Crippen molar-refractivity contribution in [2.45, 2.75) is 19.4 Å². The summed E-state index contributed by atoms with van der Waals surface area (Å²) in [6.45, 7) is 2.12. The lowest BCUT2D eigenvalue weighted by Gasteiger charge is -2.23. The molecule has 0 saturated heterocycles. The number of rotatable bonds is 1. The van der Waals surface area contributed by atoms with Crippen LogP contribution in [0.4, 0.5) is 11.5 Å².